The molecule has 2 aromatic rings. The average Bonchev–Trinajstić information content (AvgIpc) is 3.33. The van der Waals surface area contributed by atoms with Gasteiger partial charge in [-0.2, -0.15) is 5.10 Å². The molecule has 0 amide bonds. The first-order valence-electron chi connectivity index (χ1n) is 9.98. The summed E-state index contributed by atoms with van der Waals surface area (Å²) in [6.07, 6.45) is 5.19. The van der Waals surface area contributed by atoms with E-state index in [0.29, 0.717) is 10.8 Å². The Morgan fingerprint density at radius 2 is 2.03 bits per heavy atom. The van der Waals surface area contributed by atoms with Crippen molar-refractivity contribution in [2.45, 2.75) is 44.3 Å². The van der Waals surface area contributed by atoms with Crippen LogP contribution in [0.4, 0.5) is 4.39 Å². The first-order chi connectivity index (χ1) is 14.5. The standard InChI is InChI=1S/C22H23ClFN5S/c1-13-3-4-15(9-14(13)2)19-11-20-21-25-26-22(28(21)7-8-29(20)27-19)30-12-16-5-6-17(24)10-18(16)23/h3-10,19-21,25,27H,11-12H2,1-2H3. The van der Waals surface area contributed by atoms with Gasteiger partial charge in [-0.05, 0) is 54.7 Å². The van der Waals surface area contributed by atoms with Crippen molar-refractivity contribution in [2.75, 3.05) is 0 Å². The fourth-order valence-electron chi connectivity index (χ4n) is 4.13. The van der Waals surface area contributed by atoms with Gasteiger partial charge in [0, 0.05) is 23.2 Å². The largest absolute Gasteiger partial charge is 0.306 e. The van der Waals surface area contributed by atoms with Crippen molar-refractivity contribution in [3.63, 3.8) is 0 Å². The minimum atomic E-state index is -0.320. The molecule has 0 radical (unpaired) electrons. The molecule has 2 N–H and O–H groups in total. The molecular weight excluding hydrogens is 421 g/mol. The van der Waals surface area contributed by atoms with Gasteiger partial charge in [0.2, 0.25) is 0 Å². The average molecular weight is 444 g/mol. The molecule has 0 saturated carbocycles. The second-order valence-corrected chi connectivity index (χ2v) is 9.28. The number of hydrogen-bond donors (Lipinski definition) is 2. The number of hydrazone groups is 1. The van der Waals surface area contributed by atoms with E-state index in [9.17, 15) is 4.39 Å². The first kappa shape index (κ1) is 19.7. The third-order valence-corrected chi connectivity index (χ3v) is 7.38. The number of nitrogens with one attached hydrogen (secondary N) is 2. The molecular formula is C22H23ClFN5S. The number of rotatable bonds is 3. The molecule has 3 aliphatic heterocycles. The van der Waals surface area contributed by atoms with Crippen LogP contribution in [-0.2, 0) is 5.75 Å². The van der Waals surface area contributed by atoms with E-state index in [4.69, 9.17) is 11.6 Å². The van der Waals surface area contributed by atoms with E-state index in [1.165, 1.54) is 28.8 Å². The summed E-state index contributed by atoms with van der Waals surface area (Å²) >= 11 is 7.76. The third-order valence-electron chi connectivity index (χ3n) is 6.01. The number of halogens is 2. The second kappa shape index (κ2) is 7.80. The summed E-state index contributed by atoms with van der Waals surface area (Å²) in [6, 6.07) is 11.7. The number of fused-ring (bicyclic) bond motifs is 3. The minimum Gasteiger partial charge on any atom is -0.306 e. The van der Waals surface area contributed by atoms with Gasteiger partial charge in [-0.1, -0.05) is 47.6 Å². The molecule has 156 valence electrons. The quantitative estimate of drug-likeness (QED) is 0.723. The summed E-state index contributed by atoms with van der Waals surface area (Å²) in [7, 11) is 0. The molecule has 0 bridgehead atoms. The maximum atomic E-state index is 13.3. The van der Waals surface area contributed by atoms with Gasteiger partial charge in [-0.15, -0.1) is 0 Å². The lowest BCUT2D eigenvalue weighted by Gasteiger charge is -2.36. The van der Waals surface area contributed by atoms with Crippen molar-refractivity contribution in [2.24, 2.45) is 5.10 Å². The van der Waals surface area contributed by atoms with E-state index in [1.54, 1.807) is 17.8 Å². The Balaban J connectivity index is 1.26. The van der Waals surface area contributed by atoms with Crippen molar-refractivity contribution >= 4 is 28.5 Å². The van der Waals surface area contributed by atoms with Crippen LogP contribution in [0, 0.1) is 19.7 Å². The van der Waals surface area contributed by atoms with Crippen molar-refractivity contribution < 1.29 is 4.39 Å². The topological polar surface area (TPSA) is 42.9 Å². The number of amidine groups is 1. The highest BCUT2D eigenvalue weighted by atomic mass is 35.5. The zero-order valence-corrected chi connectivity index (χ0v) is 18.3. The number of hydrogen-bond acceptors (Lipinski definition) is 6. The van der Waals surface area contributed by atoms with Crippen molar-refractivity contribution in [3.8, 4) is 0 Å². The van der Waals surface area contributed by atoms with Gasteiger partial charge in [0.25, 0.3) is 0 Å². The molecule has 3 aliphatic rings. The van der Waals surface area contributed by atoms with Gasteiger partial charge < -0.3 is 9.91 Å². The molecule has 30 heavy (non-hydrogen) atoms. The predicted molar refractivity (Wildman–Crippen MR) is 120 cm³/mol. The van der Waals surface area contributed by atoms with Crippen LogP contribution in [0.2, 0.25) is 5.02 Å². The van der Waals surface area contributed by atoms with E-state index in [2.05, 4.69) is 70.3 Å². The lowest BCUT2D eigenvalue weighted by molar-refractivity contribution is 0.152. The van der Waals surface area contributed by atoms with E-state index >= 15 is 0 Å². The molecule has 0 spiro atoms. The van der Waals surface area contributed by atoms with E-state index in [0.717, 1.165) is 17.2 Å². The fraction of sp³-hybridized carbons (Fsp3) is 0.318. The molecule has 0 aromatic heterocycles. The molecule has 8 heteroatoms. The Morgan fingerprint density at radius 3 is 2.83 bits per heavy atom. The highest BCUT2D eigenvalue weighted by Crippen LogP contribution is 2.36. The molecule has 3 atom stereocenters. The number of aryl methyl sites for hydroxylation is 2. The molecule has 5 nitrogen and oxygen atoms in total. The lowest BCUT2D eigenvalue weighted by Crippen LogP contribution is -2.54. The Morgan fingerprint density at radius 1 is 1.17 bits per heavy atom. The van der Waals surface area contributed by atoms with Crippen LogP contribution in [0.3, 0.4) is 0 Å². The molecule has 0 aliphatic carbocycles. The lowest BCUT2D eigenvalue weighted by atomic mass is 9.97. The predicted octanol–water partition coefficient (Wildman–Crippen LogP) is 4.64. The smallest absolute Gasteiger partial charge is 0.189 e. The molecule has 1 fully saturated rings. The zero-order valence-electron chi connectivity index (χ0n) is 16.8. The Labute approximate surface area is 184 Å². The fourth-order valence-corrected chi connectivity index (χ4v) is 5.42. The number of hydrazine groups is 1. The third kappa shape index (κ3) is 3.55. The van der Waals surface area contributed by atoms with Crippen LogP contribution in [0.15, 0.2) is 53.9 Å². The van der Waals surface area contributed by atoms with E-state index < -0.39 is 0 Å². The molecule has 3 heterocycles. The maximum Gasteiger partial charge on any atom is 0.189 e. The monoisotopic (exact) mass is 443 g/mol. The number of benzene rings is 2. The van der Waals surface area contributed by atoms with Crippen LogP contribution < -0.4 is 10.9 Å². The normalized spacial score (nSPS) is 24.5. The van der Waals surface area contributed by atoms with Crippen LogP contribution >= 0.6 is 23.4 Å². The number of thioether (sulfide) groups is 1. The maximum absolute atomic E-state index is 13.3. The van der Waals surface area contributed by atoms with Crippen LogP contribution in [0.25, 0.3) is 0 Å². The van der Waals surface area contributed by atoms with Gasteiger partial charge in [-0.3, -0.25) is 5.43 Å². The van der Waals surface area contributed by atoms with Crippen molar-refractivity contribution in [1.82, 2.24) is 20.8 Å². The van der Waals surface area contributed by atoms with Gasteiger partial charge in [0.15, 0.2) is 5.17 Å². The molecule has 1 saturated heterocycles. The van der Waals surface area contributed by atoms with Crippen LogP contribution in [0.5, 0.6) is 0 Å². The Kier molecular flexibility index (Phi) is 5.13. The molecule has 2 aromatic carbocycles. The van der Waals surface area contributed by atoms with Crippen molar-refractivity contribution in [3.05, 3.63) is 81.9 Å². The van der Waals surface area contributed by atoms with Crippen LogP contribution in [-0.4, -0.2) is 27.3 Å². The first-order valence-corrected chi connectivity index (χ1v) is 11.3. The second-order valence-electron chi connectivity index (χ2n) is 7.93. The highest BCUT2D eigenvalue weighted by Gasteiger charge is 2.44. The Hall–Kier alpha value is -2.22. The van der Waals surface area contributed by atoms with Gasteiger partial charge in [0.1, 0.15) is 12.0 Å². The highest BCUT2D eigenvalue weighted by molar-refractivity contribution is 8.13. The van der Waals surface area contributed by atoms with E-state index in [-0.39, 0.29) is 24.1 Å². The van der Waals surface area contributed by atoms with Gasteiger partial charge >= 0.3 is 0 Å². The molecule has 5 rings (SSSR count). The summed E-state index contributed by atoms with van der Waals surface area (Å²) in [5.41, 5.74) is 11.8. The van der Waals surface area contributed by atoms with Gasteiger partial charge in [0.05, 0.1) is 12.1 Å². The molecule has 3 unspecified atom stereocenters. The zero-order chi connectivity index (χ0) is 20.8. The minimum absolute atomic E-state index is 0.0743. The summed E-state index contributed by atoms with van der Waals surface area (Å²) in [6.45, 7) is 4.30. The Bertz CT molecular complexity index is 1040. The number of nitrogens with zero attached hydrogens (tertiary/aromatic N) is 3. The van der Waals surface area contributed by atoms with Gasteiger partial charge in [-0.25, -0.2) is 9.82 Å². The summed E-state index contributed by atoms with van der Waals surface area (Å²) in [4.78, 5) is 2.17. The summed E-state index contributed by atoms with van der Waals surface area (Å²) in [5, 5.41) is 8.09. The van der Waals surface area contributed by atoms with E-state index in [1.807, 2.05) is 0 Å². The summed E-state index contributed by atoms with van der Waals surface area (Å²) in [5.74, 6) is 0.314. The summed E-state index contributed by atoms with van der Waals surface area (Å²) < 4.78 is 13.3. The van der Waals surface area contributed by atoms with Crippen LogP contribution in [0.1, 0.15) is 34.7 Å². The van der Waals surface area contributed by atoms with Crippen molar-refractivity contribution in [1.29, 1.82) is 0 Å². The SMILES string of the molecule is Cc1ccc(C2CC3C4NN=C(SCc5ccc(F)cc5Cl)N4C=CN3N2)cc1C.